The van der Waals surface area contributed by atoms with Gasteiger partial charge in [0, 0.05) is 0 Å². The van der Waals surface area contributed by atoms with Crippen LogP contribution in [0.4, 0.5) is 0 Å². The van der Waals surface area contributed by atoms with Crippen molar-refractivity contribution in [2.75, 3.05) is 6.61 Å². The van der Waals surface area contributed by atoms with E-state index in [0.29, 0.717) is 0 Å². The molecule has 0 aromatic rings. The van der Waals surface area contributed by atoms with Gasteiger partial charge in [0.2, 0.25) is 0 Å². The molecule has 1 unspecified atom stereocenters. The van der Waals surface area contributed by atoms with Gasteiger partial charge in [-0.05, 0) is 33.1 Å². The summed E-state index contributed by atoms with van der Waals surface area (Å²) in [6, 6.07) is 0. The molecule has 1 heterocycles. The maximum atomic E-state index is 5.75. The molecule has 0 spiro atoms. The second kappa shape index (κ2) is 4.24. The van der Waals surface area contributed by atoms with E-state index in [1.54, 1.807) is 0 Å². The van der Waals surface area contributed by atoms with E-state index < -0.39 is 0 Å². The first-order valence-electron chi connectivity index (χ1n) is 4.93. The maximum Gasteiger partial charge on any atom is 0.158 e. The van der Waals surface area contributed by atoms with Gasteiger partial charge in [-0.1, -0.05) is 13.3 Å². The Bertz CT molecular complexity index is 132. The smallest absolute Gasteiger partial charge is 0.158 e. The Morgan fingerprint density at radius 3 is 2.75 bits per heavy atom. The SMILES string of the molecule is CCCCC1OCCC(C)(C)O1. The van der Waals surface area contributed by atoms with Crippen molar-refractivity contribution >= 4 is 0 Å². The van der Waals surface area contributed by atoms with Crippen LogP contribution in [0.15, 0.2) is 0 Å². The molecule has 0 saturated carbocycles. The van der Waals surface area contributed by atoms with E-state index in [-0.39, 0.29) is 11.9 Å². The van der Waals surface area contributed by atoms with Gasteiger partial charge in [-0.2, -0.15) is 0 Å². The molecule has 1 aliphatic rings. The van der Waals surface area contributed by atoms with E-state index in [1.165, 1.54) is 12.8 Å². The van der Waals surface area contributed by atoms with Gasteiger partial charge in [-0.25, -0.2) is 0 Å². The van der Waals surface area contributed by atoms with Crippen molar-refractivity contribution in [3.63, 3.8) is 0 Å². The summed E-state index contributed by atoms with van der Waals surface area (Å²) in [5, 5.41) is 0. The van der Waals surface area contributed by atoms with Crippen molar-refractivity contribution in [1.29, 1.82) is 0 Å². The lowest BCUT2D eigenvalue weighted by Gasteiger charge is -2.35. The number of hydrogen-bond acceptors (Lipinski definition) is 2. The Labute approximate surface area is 75.2 Å². The quantitative estimate of drug-likeness (QED) is 0.651. The Morgan fingerprint density at radius 1 is 1.42 bits per heavy atom. The van der Waals surface area contributed by atoms with Gasteiger partial charge < -0.3 is 9.47 Å². The fourth-order valence-electron chi connectivity index (χ4n) is 1.40. The average molecular weight is 172 g/mol. The van der Waals surface area contributed by atoms with Crippen LogP contribution in [0.2, 0.25) is 0 Å². The van der Waals surface area contributed by atoms with Crippen molar-refractivity contribution < 1.29 is 9.47 Å². The first kappa shape index (κ1) is 10.0. The highest BCUT2D eigenvalue weighted by Crippen LogP contribution is 2.25. The van der Waals surface area contributed by atoms with Crippen molar-refractivity contribution in [3.05, 3.63) is 0 Å². The summed E-state index contributed by atoms with van der Waals surface area (Å²) in [7, 11) is 0. The van der Waals surface area contributed by atoms with E-state index in [1.807, 2.05) is 0 Å². The van der Waals surface area contributed by atoms with E-state index in [4.69, 9.17) is 9.47 Å². The second-order valence-electron chi connectivity index (χ2n) is 4.07. The van der Waals surface area contributed by atoms with Crippen LogP contribution in [-0.2, 0) is 9.47 Å². The molecule has 1 fully saturated rings. The van der Waals surface area contributed by atoms with E-state index in [2.05, 4.69) is 20.8 Å². The van der Waals surface area contributed by atoms with Crippen molar-refractivity contribution in [1.82, 2.24) is 0 Å². The molecule has 0 aliphatic carbocycles. The van der Waals surface area contributed by atoms with Gasteiger partial charge in [0.1, 0.15) is 0 Å². The topological polar surface area (TPSA) is 18.5 Å². The van der Waals surface area contributed by atoms with Crippen molar-refractivity contribution in [3.8, 4) is 0 Å². The standard InChI is InChI=1S/C10H20O2/c1-4-5-6-9-11-8-7-10(2,3)12-9/h9H,4-8H2,1-3H3. The minimum absolute atomic E-state index is 0.0245. The van der Waals surface area contributed by atoms with Crippen LogP contribution < -0.4 is 0 Å². The lowest BCUT2D eigenvalue weighted by Crippen LogP contribution is -2.38. The number of unbranched alkanes of at least 4 members (excludes halogenated alkanes) is 1. The average Bonchev–Trinajstić information content (AvgIpc) is 1.99. The van der Waals surface area contributed by atoms with Crippen LogP contribution in [0.5, 0.6) is 0 Å². The number of ether oxygens (including phenoxy) is 2. The molecule has 0 aromatic carbocycles. The molecular weight excluding hydrogens is 152 g/mol. The summed E-state index contributed by atoms with van der Waals surface area (Å²) in [4.78, 5) is 0. The summed E-state index contributed by atoms with van der Waals surface area (Å²) >= 11 is 0. The van der Waals surface area contributed by atoms with Gasteiger partial charge in [-0.15, -0.1) is 0 Å². The third-order valence-electron chi connectivity index (χ3n) is 2.25. The van der Waals surface area contributed by atoms with Crippen molar-refractivity contribution in [2.24, 2.45) is 0 Å². The fraction of sp³-hybridized carbons (Fsp3) is 1.00. The summed E-state index contributed by atoms with van der Waals surface area (Å²) in [6.45, 7) is 7.30. The summed E-state index contributed by atoms with van der Waals surface area (Å²) in [6.07, 6.45) is 4.51. The van der Waals surface area contributed by atoms with Crippen LogP contribution in [0.25, 0.3) is 0 Å². The molecule has 1 aliphatic heterocycles. The molecule has 0 bridgehead atoms. The van der Waals surface area contributed by atoms with E-state index >= 15 is 0 Å². The third kappa shape index (κ3) is 3.11. The third-order valence-corrected chi connectivity index (χ3v) is 2.25. The Kier molecular flexibility index (Phi) is 3.53. The molecule has 0 aromatic heterocycles. The molecular formula is C10H20O2. The van der Waals surface area contributed by atoms with Gasteiger partial charge in [0.15, 0.2) is 6.29 Å². The van der Waals surface area contributed by atoms with E-state index in [9.17, 15) is 0 Å². The fourth-order valence-corrected chi connectivity index (χ4v) is 1.40. The highest BCUT2D eigenvalue weighted by Gasteiger charge is 2.28. The molecule has 12 heavy (non-hydrogen) atoms. The highest BCUT2D eigenvalue weighted by atomic mass is 16.7. The first-order valence-corrected chi connectivity index (χ1v) is 4.93. The van der Waals surface area contributed by atoms with Crippen LogP contribution in [0.3, 0.4) is 0 Å². The monoisotopic (exact) mass is 172 g/mol. The predicted molar refractivity (Wildman–Crippen MR) is 49.0 cm³/mol. The normalized spacial score (nSPS) is 28.8. The number of hydrogen-bond donors (Lipinski definition) is 0. The van der Waals surface area contributed by atoms with Gasteiger partial charge in [-0.3, -0.25) is 0 Å². The summed E-state index contributed by atoms with van der Waals surface area (Å²) in [5.41, 5.74) is 0.0245. The second-order valence-corrected chi connectivity index (χ2v) is 4.07. The predicted octanol–water partition coefficient (Wildman–Crippen LogP) is 2.72. The van der Waals surface area contributed by atoms with E-state index in [0.717, 1.165) is 19.4 Å². The van der Waals surface area contributed by atoms with Crippen LogP contribution in [-0.4, -0.2) is 18.5 Å². The van der Waals surface area contributed by atoms with Gasteiger partial charge >= 0.3 is 0 Å². The number of rotatable bonds is 3. The zero-order valence-electron chi connectivity index (χ0n) is 8.43. The van der Waals surface area contributed by atoms with Crippen molar-refractivity contribution in [2.45, 2.75) is 58.3 Å². The van der Waals surface area contributed by atoms with Crippen LogP contribution in [0, 0.1) is 0 Å². The molecule has 72 valence electrons. The van der Waals surface area contributed by atoms with Crippen LogP contribution in [0.1, 0.15) is 46.5 Å². The lowest BCUT2D eigenvalue weighted by atomic mass is 10.0. The molecule has 1 rings (SSSR count). The molecule has 1 atom stereocenters. The van der Waals surface area contributed by atoms with Gasteiger partial charge in [0.05, 0.1) is 12.2 Å². The molecule has 2 heteroatoms. The Morgan fingerprint density at radius 2 is 2.17 bits per heavy atom. The molecule has 0 amide bonds. The minimum Gasteiger partial charge on any atom is -0.353 e. The molecule has 0 radical (unpaired) electrons. The molecule has 0 N–H and O–H groups in total. The lowest BCUT2D eigenvalue weighted by molar-refractivity contribution is -0.246. The van der Waals surface area contributed by atoms with Gasteiger partial charge in [0.25, 0.3) is 0 Å². The minimum atomic E-state index is 0.0245. The maximum absolute atomic E-state index is 5.75. The highest BCUT2D eigenvalue weighted by molar-refractivity contribution is 4.72. The molecule has 2 nitrogen and oxygen atoms in total. The zero-order chi connectivity index (χ0) is 9.03. The Hall–Kier alpha value is -0.0800. The summed E-state index contributed by atoms with van der Waals surface area (Å²) in [5.74, 6) is 0. The summed E-state index contributed by atoms with van der Waals surface area (Å²) < 4.78 is 11.2. The zero-order valence-corrected chi connectivity index (χ0v) is 8.43. The van der Waals surface area contributed by atoms with Crippen LogP contribution >= 0.6 is 0 Å². The Balaban J connectivity index is 2.26. The largest absolute Gasteiger partial charge is 0.353 e. The molecule has 1 saturated heterocycles. The first-order chi connectivity index (χ1) is 5.64.